The van der Waals surface area contributed by atoms with Crippen LogP contribution in [0.25, 0.3) is 0 Å². The lowest BCUT2D eigenvalue weighted by Gasteiger charge is -2.10. The summed E-state index contributed by atoms with van der Waals surface area (Å²) >= 11 is 0. The third kappa shape index (κ3) is 3.33. The average molecular weight is 273 g/mol. The van der Waals surface area contributed by atoms with Gasteiger partial charge in [-0.05, 0) is 0 Å². The molecule has 0 aliphatic rings. The molecule has 0 bridgehead atoms. The van der Waals surface area contributed by atoms with E-state index in [9.17, 15) is 13.2 Å². The Hall–Kier alpha value is -2.32. The van der Waals surface area contributed by atoms with Gasteiger partial charge in [0, 0.05) is 19.2 Å². The van der Waals surface area contributed by atoms with E-state index < -0.39 is 11.9 Å². The van der Waals surface area contributed by atoms with Crippen LogP contribution in [-0.4, -0.2) is 22.2 Å². The van der Waals surface area contributed by atoms with Crippen molar-refractivity contribution in [1.29, 1.82) is 0 Å². The van der Waals surface area contributed by atoms with Gasteiger partial charge in [0.2, 0.25) is 5.95 Å². The molecular weight excluding hydrogens is 263 g/mol. The molecule has 2 aromatic rings. The summed E-state index contributed by atoms with van der Waals surface area (Å²) in [6, 6.07) is 2.43. The zero-order valence-corrected chi connectivity index (χ0v) is 9.82. The van der Waals surface area contributed by atoms with Crippen LogP contribution < -0.4 is 10.6 Å². The summed E-state index contributed by atoms with van der Waals surface area (Å²) < 4.78 is 42.5. The van der Waals surface area contributed by atoms with Gasteiger partial charge in [-0.25, -0.2) is 4.98 Å². The Kier molecular flexibility index (Phi) is 3.54. The van der Waals surface area contributed by atoms with Crippen LogP contribution in [0.3, 0.4) is 0 Å². The smallest absolute Gasteiger partial charge is 0.364 e. The molecule has 102 valence electrons. The molecule has 2 aromatic heterocycles. The fraction of sp³-hybridized carbons (Fsp3) is 0.300. The molecule has 0 aliphatic carbocycles. The Morgan fingerprint density at radius 2 is 2.11 bits per heavy atom. The third-order valence-corrected chi connectivity index (χ3v) is 2.18. The molecule has 0 saturated heterocycles. The summed E-state index contributed by atoms with van der Waals surface area (Å²) in [6.45, 7) is 0.202. The monoisotopic (exact) mass is 273 g/mol. The van der Waals surface area contributed by atoms with Crippen molar-refractivity contribution < 1.29 is 17.7 Å². The second kappa shape index (κ2) is 5.12. The number of hydrogen-bond donors (Lipinski definition) is 2. The number of aromatic nitrogens is 3. The van der Waals surface area contributed by atoms with Crippen LogP contribution in [0.15, 0.2) is 22.9 Å². The lowest BCUT2D eigenvalue weighted by molar-refractivity contribution is -0.141. The van der Waals surface area contributed by atoms with Crippen LogP contribution in [0.2, 0.25) is 0 Å². The van der Waals surface area contributed by atoms with E-state index in [1.165, 1.54) is 13.3 Å². The first kappa shape index (κ1) is 13.1. The Morgan fingerprint density at radius 1 is 1.32 bits per heavy atom. The molecule has 2 rings (SSSR count). The topological polar surface area (TPSA) is 75.9 Å². The fourth-order valence-electron chi connectivity index (χ4n) is 1.30. The lowest BCUT2D eigenvalue weighted by Crippen LogP contribution is -2.13. The molecule has 0 atom stereocenters. The second-order valence-corrected chi connectivity index (χ2v) is 3.55. The maximum Gasteiger partial charge on any atom is 0.433 e. The van der Waals surface area contributed by atoms with Gasteiger partial charge in [-0.1, -0.05) is 5.16 Å². The number of rotatable bonds is 4. The van der Waals surface area contributed by atoms with Gasteiger partial charge in [0.05, 0.1) is 6.54 Å². The molecule has 0 aromatic carbocycles. The normalized spacial score (nSPS) is 11.4. The van der Waals surface area contributed by atoms with Crippen molar-refractivity contribution in [2.24, 2.45) is 0 Å². The summed E-state index contributed by atoms with van der Waals surface area (Å²) in [5.41, 5.74) is -0.465. The first-order chi connectivity index (χ1) is 8.99. The van der Waals surface area contributed by atoms with Crippen molar-refractivity contribution in [2.45, 2.75) is 12.7 Å². The highest BCUT2D eigenvalue weighted by Crippen LogP contribution is 2.29. The van der Waals surface area contributed by atoms with Gasteiger partial charge in [0.25, 0.3) is 0 Å². The maximum absolute atomic E-state index is 12.6. The highest BCUT2D eigenvalue weighted by atomic mass is 19.4. The van der Waals surface area contributed by atoms with Crippen molar-refractivity contribution in [3.63, 3.8) is 0 Å². The Labute approximate surface area is 106 Å². The van der Waals surface area contributed by atoms with Crippen molar-refractivity contribution in [2.75, 3.05) is 17.7 Å². The number of alkyl halides is 3. The Bertz CT molecular complexity index is 541. The zero-order chi connectivity index (χ0) is 13.9. The largest absolute Gasteiger partial charge is 0.433 e. The third-order valence-electron chi connectivity index (χ3n) is 2.18. The fourth-order valence-corrected chi connectivity index (χ4v) is 1.30. The van der Waals surface area contributed by atoms with Crippen molar-refractivity contribution in [3.8, 4) is 0 Å². The SMILES string of the molecule is CNc1nc(NCc2ccon2)cc(C(F)(F)F)n1. The van der Waals surface area contributed by atoms with E-state index in [0.29, 0.717) is 5.69 Å². The molecular formula is C10H10F3N5O. The van der Waals surface area contributed by atoms with Gasteiger partial charge in [-0.3, -0.25) is 0 Å². The van der Waals surface area contributed by atoms with E-state index in [2.05, 4.69) is 30.3 Å². The van der Waals surface area contributed by atoms with Crippen LogP contribution in [-0.2, 0) is 12.7 Å². The molecule has 6 nitrogen and oxygen atoms in total. The number of anilines is 2. The van der Waals surface area contributed by atoms with E-state index in [-0.39, 0.29) is 18.3 Å². The Morgan fingerprint density at radius 3 is 2.68 bits per heavy atom. The summed E-state index contributed by atoms with van der Waals surface area (Å²) in [5.74, 6) is -0.0628. The molecule has 0 aliphatic heterocycles. The highest BCUT2D eigenvalue weighted by molar-refractivity contribution is 5.43. The van der Waals surface area contributed by atoms with Crippen molar-refractivity contribution >= 4 is 11.8 Å². The summed E-state index contributed by atoms with van der Waals surface area (Å²) in [5, 5.41) is 8.82. The molecule has 0 spiro atoms. The van der Waals surface area contributed by atoms with Gasteiger partial charge in [-0.2, -0.15) is 18.2 Å². The molecule has 2 N–H and O–H groups in total. The Balaban J connectivity index is 2.19. The van der Waals surface area contributed by atoms with Gasteiger partial charge in [0.15, 0.2) is 5.69 Å². The molecule has 0 saturated carbocycles. The van der Waals surface area contributed by atoms with Crippen LogP contribution in [0, 0.1) is 0 Å². The standard InChI is InChI=1S/C10H10F3N5O/c1-14-9-16-7(10(11,12)13)4-8(17-9)15-5-6-2-3-19-18-6/h2-4H,5H2,1H3,(H2,14,15,16,17). The minimum atomic E-state index is -4.53. The molecule has 0 unspecified atom stereocenters. The summed E-state index contributed by atoms with van der Waals surface area (Å²) in [7, 11) is 1.44. The maximum atomic E-state index is 12.6. The van der Waals surface area contributed by atoms with E-state index in [1.807, 2.05) is 0 Å². The van der Waals surface area contributed by atoms with E-state index in [1.54, 1.807) is 6.07 Å². The lowest BCUT2D eigenvalue weighted by atomic mass is 10.3. The van der Waals surface area contributed by atoms with Crippen LogP contribution >= 0.6 is 0 Å². The first-order valence-corrected chi connectivity index (χ1v) is 5.26. The predicted molar refractivity (Wildman–Crippen MR) is 60.4 cm³/mol. The summed E-state index contributed by atoms with van der Waals surface area (Å²) in [4.78, 5) is 7.22. The molecule has 0 radical (unpaired) electrons. The van der Waals surface area contributed by atoms with Gasteiger partial charge in [-0.15, -0.1) is 0 Å². The molecule has 0 amide bonds. The van der Waals surface area contributed by atoms with Gasteiger partial charge < -0.3 is 15.2 Å². The van der Waals surface area contributed by atoms with Gasteiger partial charge in [0.1, 0.15) is 17.8 Å². The summed E-state index contributed by atoms with van der Waals surface area (Å²) in [6.07, 6.45) is -3.16. The highest BCUT2D eigenvalue weighted by Gasteiger charge is 2.33. The van der Waals surface area contributed by atoms with E-state index >= 15 is 0 Å². The number of nitrogens with one attached hydrogen (secondary N) is 2. The van der Waals surface area contributed by atoms with Crippen LogP contribution in [0.1, 0.15) is 11.4 Å². The molecule has 9 heteroatoms. The van der Waals surface area contributed by atoms with E-state index in [0.717, 1.165) is 6.07 Å². The molecule has 19 heavy (non-hydrogen) atoms. The van der Waals surface area contributed by atoms with Crippen molar-refractivity contribution in [3.05, 3.63) is 29.8 Å². The zero-order valence-electron chi connectivity index (χ0n) is 9.82. The second-order valence-electron chi connectivity index (χ2n) is 3.55. The van der Waals surface area contributed by atoms with Gasteiger partial charge >= 0.3 is 6.18 Å². The minimum Gasteiger partial charge on any atom is -0.364 e. The number of hydrogen-bond acceptors (Lipinski definition) is 6. The average Bonchev–Trinajstić information content (AvgIpc) is 2.88. The minimum absolute atomic E-state index is 0.0506. The number of halogens is 3. The van der Waals surface area contributed by atoms with Crippen LogP contribution in [0.5, 0.6) is 0 Å². The van der Waals surface area contributed by atoms with E-state index in [4.69, 9.17) is 0 Å². The van der Waals surface area contributed by atoms with Crippen molar-refractivity contribution in [1.82, 2.24) is 15.1 Å². The predicted octanol–water partition coefficient (Wildman–Crippen LogP) is 2.14. The van der Waals surface area contributed by atoms with Crippen LogP contribution in [0.4, 0.5) is 24.9 Å². The quantitative estimate of drug-likeness (QED) is 0.888. The first-order valence-electron chi connectivity index (χ1n) is 5.26. The molecule has 2 heterocycles. The molecule has 0 fully saturated rings. The number of nitrogens with zero attached hydrogens (tertiary/aromatic N) is 3.